The Morgan fingerprint density at radius 2 is 2.38 bits per heavy atom. The Morgan fingerprint density at radius 3 is 3.19 bits per heavy atom. The Balaban J connectivity index is 1.82. The van der Waals surface area contributed by atoms with E-state index in [1.807, 2.05) is 16.7 Å². The summed E-state index contributed by atoms with van der Waals surface area (Å²) in [5.74, 6) is 0. The molecule has 1 aliphatic rings. The summed E-state index contributed by atoms with van der Waals surface area (Å²) in [6, 6.07) is 2.70. The second kappa shape index (κ2) is 4.47. The largest absolute Gasteiger partial charge is 0.355 e. The number of aromatic nitrogens is 1. The van der Waals surface area contributed by atoms with E-state index in [-0.39, 0.29) is 0 Å². The molecule has 3 rings (SSSR count). The van der Waals surface area contributed by atoms with Gasteiger partial charge < -0.3 is 5.32 Å². The first-order valence-corrected chi connectivity index (χ1v) is 7.82. The van der Waals surface area contributed by atoms with Crippen molar-refractivity contribution in [2.75, 3.05) is 5.32 Å². The van der Waals surface area contributed by atoms with Gasteiger partial charge in [0.15, 0.2) is 5.13 Å². The fraction of sp³-hybridized carbons (Fsp3) is 0.364. The summed E-state index contributed by atoms with van der Waals surface area (Å²) in [5, 5.41) is 8.75. The Kier molecular flexibility index (Phi) is 3.00. The molecule has 2 aromatic heterocycles. The van der Waals surface area contributed by atoms with E-state index in [4.69, 9.17) is 0 Å². The van der Waals surface area contributed by atoms with E-state index in [1.165, 1.54) is 24.8 Å². The van der Waals surface area contributed by atoms with Gasteiger partial charge in [-0.15, -0.1) is 22.7 Å². The van der Waals surface area contributed by atoms with Crippen LogP contribution in [0.4, 0.5) is 5.13 Å². The summed E-state index contributed by atoms with van der Waals surface area (Å²) in [6.45, 7) is 0. The van der Waals surface area contributed by atoms with Crippen molar-refractivity contribution in [2.24, 2.45) is 0 Å². The van der Waals surface area contributed by atoms with Crippen LogP contribution in [0.25, 0.3) is 0 Å². The van der Waals surface area contributed by atoms with Crippen molar-refractivity contribution in [1.82, 2.24) is 4.98 Å². The molecule has 0 amide bonds. The zero-order valence-corrected chi connectivity index (χ0v) is 11.8. The second-order valence-corrected chi connectivity index (χ2v) is 6.53. The number of nitrogens with one attached hydrogen (secondary N) is 1. The number of hydrogen-bond donors (Lipinski definition) is 1. The molecule has 2 nitrogen and oxygen atoms in total. The lowest BCUT2D eigenvalue weighted by atomic mass is 9.94. The van der Waals surface area contributed by atoms with Crippen LogP contribution >= 0.6 is 38.6 Å². The van der Waals surface area contributed by atoms with Gasteiger partial charge in [-0.25, -0.2) is 4.98 Å². The van der Waals surface area contributed by atoms with Crippen LogP contribution in [0.1, 0.15) is 29.3 Å². The van der Waals surface area contributed by atoms with Gasteiger partial charge in [-0.2, -0.15) is 0 Å². The molecule has 1 atom stereocenters. The van der Waals surface area contributed by atoms with E-state index in [0.29, 0.717) is 6.04 Å². The maximum atomic E-state index is 4.39. The van der Waals surface area contributed by atoms with Crippen LogP contribution in [0.5, 0.6) is 0 Å². The molecule has 16 heavy (non-hydrogen) atoms. The molecular formula is C11H11BrN2S2. The van der Waals surface area contributed by atoms with E-state index in [1.54, 1.807) is 16.2 Å². The zero-order valence-electron chi connectivity index (χ0n) is 8.57. The predicted molar refractivity (Wildman–Crippen MR) is 73.4 cm³/mol. The van der Waals surface area contributed by atoms with Crippen molar-refractivity contribution in [3.63, 3.8) is 0 Å². The van der Waals surface area contributed by atoms with E-state index in [0.717, 1.165) is 9.73 Å². The first kappa shape index (κ1) is 10.7. The van der Waals surface area contributed by atoms with Gasteiger partial charge in [0.2, 0.25) is 0 Å². The molecule has 1 N–H and O–H groups in total. The third-order valence-corrected chi connectivity index (χ3v) is 5.31. The number of anilines is 1. The number of fused-ring (bicyclic) bond motifs is 1. The van der Waals surface area contributed by atoms with Gasteiger partial charge in [-0.3, -0.25) is 0 Å². The average molecular weight is 315 g/mol. The molecule has 0 bridgehead atoms. The average Bonchev–Trinajstić information content (AvgIpc) is 2.87. The van der Waals surface area contributed by atoms with Crippen molar-refractivity contribution in [2.45, 2.75) is 25.3 Å². The molecule has 0 radical (unpaired) electrons. The lowest BCUT2D eigenvalue weighted by Gasteiger charge is -2.23. The molecule has 0 saturated carbocycles. The molecule has 0 fully saturated rings. The van der Waals surface area contributed by atoms with Gasteiger partial charge in [0.05, 0.1) is 6.04 Å². The Hall–Kier alpha value is -0.390. The van der Waals surface area contributed by atoms with Crippen LogP contribution in [0.3, 0.4) is 0 Å². The molecule has 0 saturated heterocycles. The van der Waals surface area contributed by atoms with Crippen molar-refractivity contribution in [3.05, 3.63) is 31.9 Å². The maximum Gasteiger partial charge on any atom is 0.184 e. The lowest BCUT2D eigenvalue weighted by molar-refractivity contribution is 0.608. The number of rotatable bonds is 2. The molecule has 1 aliphatic carbocycles. The van der Waals surface area contributed by atoms with Crippen LogP contribution in [-0.4, -0.2) is 4.98 Å². The van der Waals surface area contributed by atoms with Crippen molar-refractivity contribution in [1.29, 1.82) is 0 Å². The van der Waals surface area contributed by atoms with Crippen LogP contribution in [0.2, 0.25) is 0 Å². The number of nitrogens with zero attached hydrogens (tertiary/aromatic N) is 1. The van der Waals surface area contributed by atoms with Gasteiger partial charge in [-0.05, 0) is 52.2 Å². The molecule has 5 heteroatoms. The van der Waals surface area contributed by atoms with Crippen LogP contribution < -0.4 is 5.32 Å². The minimum atomic E-state index is 0.452. The predicted octanol–water partition coefficient (Wildman–Crippen LogP) is 4.46. The molecule has 2 aromatic rings. The molecule has 0 aliphatic heterocycles. The minimum absolute atomic E-state index is 0.452. The number of thiophene rings is 1. The van der Waals surface area contributed by atoms with Gasteiger partial charge >= 0.3 is 0 Å². The van der Waals surface area contributed by atoms with Crippen molar-refractivity contribution < 1.29 is 0 Å². The first-order valence-electron chi connectivity index (χ1n) is 5.27. The fourth-order valence-corrected chi connectivity index (χ4v) is 4.29. The Labute approximate surface area is 111 Å². The summed E-state index contributed by atoms with van der Waals surface area (Å²) in [7, 11) is 0. The van der Waals surface area contributed by atoms with Crippen LogP contribution in [-0.2, 0) is 6.42 Å². The summed E-state index contributed by atoms with van der Waals surface area (Å²) >= 11 is 6.92. The highest BCUT2D eigenvalue weighted by molar-refractivity contribution is 9.10. The number of halogens is 1. The van der Waals surface area contributed by atoms with Gasteiger partial charge in [0.1, 0.15) is 4.60 Å². The van der Waals surface area contributed by atoms with E-state index in [2.05, 4.69) is 37.7 Å². The Morgan fingerprint density at radius 1 is 1.44 bits per heavy atom. The second-order valence-electron chi connectivity index (χ2n) is 3.86. The van der Waals surface area contributed by atoms with E-state index in [9.17, 15) is 0 Å². The normalized spacial score (nSPS) is 19.4. The molecule has 2 heterocycles. The van der Waals surface area contributed by atoms with Crippen molar-refractivity contribution in [3.8, 4) is 0 Å². The number of hydrogen-bond acceptors (Lipinski definition) is 4. The smallest absolute Gasteiger partial charge is 0.184 e. The molecule has 0 aromatic carbocycles. The fourth-order valence-electron chi connectivity index (χ4n) is 2.11. The van der Waals surface area contributed by atoms with Crippen LogP contribution in [0.15, 0.2) is 21.4 Å². The lowest BCUT2D eigenvalue weighted by Crippen LogP contribution is -2.15. The Bertz CT molecular complexity index is 492. The quantitative estimate of drug-likeness (QED) is 0.885. The summed E-state index contributed by atoms with van der Waals surface area (Å²) < 4.78 is 0.918. The molecular weight excluding hydrogens is 304 g/mol. The van der Waals surface area contributed by atoms with Gasteiger partial charge in [0, 0.05) is 10.3 Å². The highest BCUT2D eigenvalue weighted by Crippen LogP contribution is 2.36. The topological polar surface area (TPSA) is 24.9 Å². The highest BCUT2D eigenvalue weighted by atomic mass is 79.9. The van der Waals surface area contributed by atoms with Gasteiger partial charge in [0.25, 0.3) is 0 Å². The summed E-state index contributed by atoms with van der Waals surface area (Å²) in [6.07, 6.45) is 3.73. The van der Waals surface area contributed by atoms with Crippen LogP contribution in [0, 0.1) is 0 Å². The number of aryl methyl sites for hydroxylation is 1. The first-order chi connectivity index (χ1) is 7.83. The molecule has 1 unspecified atom stereocenters. The van der Waals surface area contributed by atoms with Gasteiger partial charge in [-0.1, -0.05) is 0 Å². The molecule has 0 spiro atoms. The summed E-state index contributed by atoms with van der Waals surface area (Å²) in [5.41, 5.74) is 1.47. The zero-order chi connectivity index (χ0) is 11.0. The SMILES string of the molecule is Brc1csc(NC2CCCc3sccc32)n1. The maximum absolute atomic E-state index is 4.39. The molecule has 84 valence electrons. The van der Waals surface area contributed by atoms with Crippen molar-refractivity contribution >= 4 is 43.7 Å². The third kappa shape index (κ3) is 2.04. The highest BCUT2D eigenvalue weighted by Gasteiger charge is 2.21. The third-order valence-electron chi connectivity index (χ3n) is 2.83. The number of thiazole rings is 1. The van der Waals surface area contributed by atoms with E-state index >= 15 is 0 Å². The standard InChI is InChI=1S/C11H11BrN2S2/c12-10-6-16-11(14-10)13-8-2-1-3-9-7(8)4-5-15-9/h4-6,8H,1-3H2,(H,13,14). The minimum Gasteiger partial charge on any atom is -0.355 e. The summed E-state index contributed by atoms with van der Waals surface area (Å²) in [4.78, 5) is 5.93. The monoisotopic (exact) mass is 314 g/mol. The van der Waals surface area contributed by atoms with E-state index < -0.39 is 0 Å².